The van der Waals surface area contributed by atoms with Crippen LogP contribution >= 0.6 is 0 Å². The Bertz CT molecular complexity index is 513. The first kappa shape index (κ1) is 12.5. The lowest BCUT2D eigenvalue weighted by atomic mass is 10.2. The summed E-state index contributed by atoms with van der Waals surface area (Å²) >= 11 is 0. The second kappa shape index (κ2) is 5.59. The van der Waals surface area contributed by atoms with E-state index in [9.17, 15) is 5.11 Å². The molecule has 0 bridgehead atoms. The number of rotatable bonds is 5. The van der Waals surface area contributed by atoms with Crippen LogP contribution in [0.25, 0.3) is 11.5 Å². The molecular weight excluding hydrogens is 234 g/mol. The summed E-state index contributed by atoms with van der Waals surface area (Å²) < 4.78 is 10.4. The van der Waals surface area contributed by atoms with E-state index in [1.54, 1.807) is 13.3 Å². The molecule has 6 heteroatoms. The minimum absolute atomic E-state index is 0.0594. The Morgan fingerprint density at radius 3 is 2.94 bits per heavy atom. The van der Waals surface area contributed by atoms with E-state index in [4.69, 9.17) is 9.26 Å². The SMILES string of the molecule is CCCC(OC)c1noc(-c2cncc(O)c2)n1. The van der Waals surface area contributed by atoms with Crippen LogP contribution in [0.15, 0.2) is 23.0 Å². The zero-order valence-corrected chi connectivity index (χ0v) is 10.3. The van der Waals surface area contributed by atoms with Gasteiger partial charge in [-0.15, -0.1) is 0 Å². The van der Waals surface area contributed by atoms with Crippen molar-refractivity contribution in [2.45, 2.75) is 25.9 Å². The van der Waals surface area contributed by atoms with Crippen molar-refractivity contribution < 1.29 is 14.4 Å². The maximum absolute atomic E-state index is 9.34. The largest absolute Gasteiger partial charge is 0.506 e. The van der Waals surface area contributed by atoms with E-state index >= 15 is 0 Å². The van der Waals surface area contributed by atoms with Crippen molar-refractivity contribution in [2.75, 3.05) is 7.11 Å². The van der Waals surface area contributed by atoms with Gasteiger partial charge in [0.25, 0.3) is 5.89 Å². The molecule has 1 N–H and O–H groups in total. The quantitative estimate of drug-likeness (QED) is 0.875. The smallest absolute Gasteiger partial charge is 0.259 e. The molecule has 2 aromatic heterocycles. The maximum atomic E-state index is 9.34. The number of nitrogens with zero attached hydrogens (tertiary/aromatic N) is 3. The van der Waals surface area contributed by atoms with E-state index in [2.05, 4.69) is 22.0 Å². The summed E-state index contributed by atoms with van der Waals surface area (Å²) in [6.45, 7) is 2.06. The average Bonchev–Trinajstić information content (AvgIpc) is 2.85. The molecule has 0 aromatic carbocycles. The number of ether oxygens (including phenoxy) is 1. The fourth-order valence-electron chi connectivity index (χ4n) is 1.64. The van der Waals surface area contributed by atoms with Crippen LogP contribution in [0.3, 0.4) is 0 Å². The highest BCUT2D eigenvalue weighted by molar-refractivity contribution is 5.53. The van der Waals surface area contributed by atoms with E-state index in [0.29, 0.717) is 17.3 Å². The lowest BCUT2D eigenvalue weighted by Crippen LogP contribution is -2.03. The molecule has 0 radical (unpaired) electrons. The minimum atomic E-state index is -0.169. The molecular formula is C12H15N3O3. The predicted molar refractivity (Wildman–Crippen MR) is 63.9 cm³/mol. The highest BCUT2D eigenvalue weighted by atomic mass is 16.5. The molecule has 2 heterocycles. The summed E-state index contributed by atoms with van der Waals surface area (Å²) in [5.74, 6) is 0.897. The standard InChI is InChI=1S/C12H15N3O3/c1-3-4-10(17-2)11-14-12(18-15-11)8-5-9(16)7-13-6-8/h5-7,10,16H,3-4H2,1-2H3. The molecule has 0 aliphatic carbocycles. The van der Waals surface area contributed by atoms with E-state index in [-0.39, 0.29) is 11.9 Å². The normalized spacial score (nSPS) is 12.6. The van der Waals surface area contributed by atoms with Crippen molar-refractivity contribution in [1.29, 1.82) is 0 Å². The number of hydrogen-bond donors (Lipinski definition) is 1. The molecule has 96 valence electrons. The van der Waals surface area contributed by atoms with Crippen LogP contribution in [0.2, 0.25) is 0 Å². The number of methoxy groups -OCH3 is 1. The highest BCUT2D eigenvalue weighted by Crippen LogP contribution is 2.24. The lowest BCUT2D eigenvalue weighted by molar-refractivity contribution is 0.0854. The van der Waals surface area contributed by atoms with Gasteiger partial charge >= 0.3 is 0 Å². The van der Waals surface area contributed by atoms with E-state index in [0.717, 1.165) is 12.8 Å². The van der Waals surface area contributed by atoms with Crippen molar-refractivity contribution in [2.24, 2.45) is 0 Å². The summed E-state index contributed by atoms with van der Waals surface area (Å²) in [7, 11) is 1.62. The number of hydrogen-bond acceptors (Lipinski definition) is 6. The number of aromatic nitrogens is 3. The Hall–Kier alpha value is -1.95. The van der Waals surface area contributed by atoms with Crippen LogP contribution < -0.4 is 0 Å². The Labute approximate surface area is 105 Å². The third kappa shape index (κ3) is 2.65. The van der Waals surface area contributed by atoms with Crippen LogP contribution in [-0.4, -0.2) is 27.3 Å². The van der Waals surface area contributed by atoms with Crippen molar-refractivity contribution >= 4 is 0 Å². The number of aromatic hydroxyl groups is 1. The van der Waals surface area contributed by atoms with Gasteiger partial charge in [0.15, 0.2) is 0 Å². The molecule has 0 saturated heterocycles. The van der Waals surface area contributed by atoms with E-state index in [1.165, 1.54) is 12.3 Å². The molecule has 0 aliphatic rings. The fourth-order valence-corrected chi connectivity index (χ4v) is 1.64. The predicted octanol–water partition coefficient (Wildman–Crippen LogP) is 2.32. The van der Waals surface area contributed by atoms with E-state index in [1.807, 2.05) is 0 Å². The lowest BCUT2D eigenvalue weighted by Gasteiger charge is -2.08. The zero-order valence-electron chi connectivity index (χ0n) is 10.3. The van der Waals surface area contributed by atoms with Gasteiger partial charge in [-0.3, -0.25) is 4.98 Å². The first-order valence-corrected chi connectivity index (χ1v) is 5.75. The summed E-state index contributed by atoms with van der Waals surface area (Å²) in [5.41, 5.74) is 0.583. The van der Waals surface area contributed by atoms with Gasteiger partial charge in [-0.2, -0.15) is 4.98 Å². The van der Waals surface area contributed by atoms with E-state index < -0.39 is 0 Å². The summed E-state index contributed by atoms with van der Waals surface area (Å²) in [6.07, 6.45) is 4.52. The summed E-state index contributed by atoms with van der Waals surface area (Å²) in [5, 5.41) is 13.2. The Kier molecular flexibility index (Phi) is 3.88. The molecule has 18 heavy (non-hydrogen) atoms. The second-order valence-electron chi connectivity index (χ2n) is 3.90. The second-order valence-corrected chi connectivity index (χ2v) is 3.90. The van der Waals surface area contributed by atoms with Gasteiger partial charge in [-0.1, -0.05) is 18.5 Å². The molecule has 1 unspecified atom stereocenters. The Balaban J connectivity index is 2.24. The molecule has 2 rings (SSSR count). The molecule has 0 aliphatic heterocycles. The van der Waals surface area contributed by atoms with Crippen LogP contribution in [0, 0.1) is 0 Å². The van der Waals surface area contributed by atoms with Crippen LogP contribution in [0.1, 0.15) is 31.7 Å². The first-order valence-electron chi connectivity index (χ1n) is 5.75. The van der Waals surface area contributed by atoms with Gasteiger partial charge in [0.2, 0.25) is 5.82 Å². The monoisotopic (exact) mass is 249 g/mol. The maximum Gasteiger partial charge on any atom is 0.259 e. The van der Waals surface area contributed by atoms with Gasteiger partial charge < -0.3 is 14.4 Å². The fraction of sp³-hybridized carbons (Fsp3) is 0.417. The van der Waals surface area contributed by atoms with Crippen molar-refractivity contribution in [3.05, 3.63) is 24.3 Å². The molecule has 0 amide bonds. The van der Waals surface area contributed by atoms with Crippen molar-refractivity contribution in [1.82, 2.24) is 15.1 Å². The Morgan fingerprint density at radius 2 is 2.28 bits per heavy atom. The summed E-state index contributed by atoms with van der Waals surface area (Å²) in [6, 6.07) is 1.52. The topological polar surface area (TPSA) is 81.3 Å². The molecule has 6 nitrogen and oxygen atoms in total. The van der Waals surface area contributed by atoms with Crippen molar-refractivity contribution in [3.63, 3.8) is 0 Å². The van der Waals surface area contributed by atoms with Gasteiger partial charge in [0, 0.05) is 13.3 Å². The number of pyridine rings is 1. The van der Waals surface area contributed by atoms with Crippen LogP contribution in [0.4, 0.5) is 0 Å². The molecule has 2 aromatic rings. The van der Waals surface area contributed by atoms with Crippen LogP contribution in [-0.2, 0) is 4.74 Å². The summed E-state index contributed by atoms with van der Waals surface area (Å²) in [4.78, 5) is 8.12. The Morgan fingerprint density at radius 1 is 1.44 bits per heavy atom. The minimum Gasteiger partial charge on any atom is -0.506 e. The zero-order chi connectivity index (χ0) is 13.0. The third-order valence-electron chi connectivity index (χ3n) is 2.54. The molecule has 0 fully saturated rings. The van der Waals surface area contributed by atoms with Crippen LogP contribution in [0.5, 0.6) is 5.75 Å². The molecule has 0 saturated carbocycles. The highest BCUT2D eigenvalue weighted by Gasteiger charge is 2.18. The molecule has 0 spiro atoms. The van der Waals surface area contributed by atoms with Gasteiger partial charge in [-0.25, -0.2) is 0 Å². The van der Waals surface area contributed by atoms with Gasteiger partial charge in [0.1, 0.15) is 11.9 Å². The van der Waals surface area contributed by atoms with Crippen molar-refractivity contribution in [3.8, 4) is 17.2 Å². The van der Waals surface area contributed by atoms with Gasteiger partial charge in [0.05, 0.1) is 11.8 Å². The average molecular weight is 249 g/mol. The third-order valence-corrected chi connectivity index (χ3v) is 2.54. The first-order chi connectivity index (χ1) is 8.74. The molecule has 1 atom stereocenters. The van der Waals surface area contributed by atoms with Gasteiger partial charge in [-0.05, 0) is 12.5 Å².